The van der Waals surface area contributed by atoms with Gasteiger partial charge < -0.3 is 19.9 Å². The van der Waals surface area contributed by atoms with Crippen LogP contribution in [0.3, 0.4) is 0 Å². The summed E-state index contributed by atoms with van der Waals surface area (Å²) in [4.78, 5) is 14.8. The van der Waals surface area contributed by atoms with Crippen LogP contribution in [0, 0.1) is 0 Å². The minimum atomic E-state index is -0.546. The van der Waals surface area contributed by atoms with Gasteiger partial charge in [-0.1, -0.05) is 84.9 Å². The van der Waals surface area contributed by atoms with E-state index in [-0.39, 0.29) is 24.7 Å². The molecule has 5 rings (SSSR count). The summed E-state index contributed by atoms with van der Waals surface area (Å²) in [6, 6.07) is 35.1. The third-order valence-electron chi connectivity index (χ3n) is 6.90. The van der Waals surface area contributed by atoms with E-state index in [4.69, 9.17) is 9.47 Å². The smallest absolute Gasteiger partial charge is 0.255 e. The van der Waals surface area contributed by atoms with E-state index >= 15 is 0 Å². The van der Waals surface area contributed by atoms with Gasteiger partial charge in [-0.25, -0.2) is 0 Å². The molecule has 2 N–H and O–H groups in total. The van der Waals surface area contributed by atoms with Gasteiger partial charge >= 0.3 is 0 Å². The second-order valence-electron chi connectivity index (χ2n) is 9.97. The topological polar surface area (TPSA) is 71.0 Å². The van der Waals surface area contributed by atoms with Crippen molar-refractivity contribution in [1.82, 2.24) is 4.90 Å². The van der Waals surface area contributed by atoms with Crippen molar-refractivity contribution in [2.75, 3.05) is 18.9 Å². The molecule has 0 bridgehead atoms. The second-order valence-corrected chi connectivity index (χ2v) is 9.97. The summed E-state index contributed by atoms with van der Waals surface area (Å²) in [5.41, 5.74) is 5.39. The molecule has 0 aromatic heterocycles. The largest absolute Gasteiger partial charge is 0.392 e. The van der Waals surface area contributed by atoms with Crippen LogP contribution in [0.25, 0.3) is 0 Å². The molecule has 4 aromatic carbocycles. The maximum Gasteiger partial charge on any atom is 0.255 e. The standard InChI is InChI=1S/C33H34N2O4/c1-35(21-24-8-4-2-5-9-24)22-30-20-31(26-14-12-25(23-36)13-15-26)39-33(38-30)28-16-18-29(19-17-28)34-32(37)27-10-6-3-7-11-27/h2-19,30-31,33,36H,20-23H2,1H3,(H,34,37)/t30-,31+,33+/m1/s1. The molecule has 0 aliphatic carbocycles. The minimum absolute atomic E-state index is 0.0115. The van der Waals surface area contributed by atoms with Crippen molar-refractivity contribution in [2.45, 2.75) is 38.1 Å². The lowest BCUT2D eigenvalue weighted by Crippen LogP contribution is -2.37. The maximum absolute atomic E-state index is 12.5. The SMILES string of the molecule is CN(Cc1ccccc1)C[C@H]1C[C@@H](c2ccc(CO)cc2)O[C@@H](c2ccc(NC(=O)c3ccccc3)cc2)O1. The van der Waals surface area contributed by atoms with E-state index in [1.807, 2.05) is 72.8 Å². The summed E-state index contributed by atoms with van der Waals surface area (Å²) in [5, 5.41) is 12.4. The van der Waals surface area contributed by atoms with E-state index in [9.17, 15) is 9.90 Å². The molecule has 0 spiro atoms. The summed E-state index contributed by atoms with van der Waals surface area (Å²) in [5.74, 6) is -0.151. The third kappa shape index (κ3) is 7.19. The highest BCUT2D eigenvalue weighted by atomic mass is 16.7. The van der Waals surface area contributed by atoms with Crippen molar-refractivity contribution < 1.29 is 19.4 Å². The van der Waals surface area contributed by atoms with Gasteiger partial charge in [0.15, 0.2) is 6.29 Å². The van der Waals surface area contributed by atoms with E-state index in [2.05, 4.69) is 41.5 Å². The van der Waals surface area contributed by atoms with Crippen LogP contribution >= 0.6 is 0 Å². The van der Waals surface area contributed by atoms with Crippen molar-refractivity contribution in [2.24, 2.45) is 0 Å². The number of anilines is 1. The third-order valence-corrected chi connectivity index (χ3v) is 6.90. The normalized spacial score (nSPS) is 19.1. The number of rotatable bonds is 9. The number of carbonyl (C=O) groups excluding carboxylic acids is 1. The molecule has 1 aliphatic rings. The van der Waals surface area contributed by atoms with Crippen LogP contribution in [-0.4, -0.2) is 35.6 Å². The van der Waals surface area contributed by atoms with Crippen molar-refractivity contribution in [3.8, 4) is 0 Å². The Morgan fingerprint density at radius 1 is 0.821 bits per heavy atom. The van der Waals surface area contributed by atoms with Gasteiger partial charge in [0.25, 0.3) is 5.91 Å². The number of amides is 1. The van der Waals surface area contributed by atoms with Gasteiger partial charge in [0.2, 0.25) is 0 Å². The van der Waals surface area contributed by atoms with Gasteiger partial charge in [0, 0.05) is 36.3 Å². The number of hydrogen-bond donors (Lipinski definition) is 2. The molecule has 0 unspecified atom stereocenters. The van der Waals surface area contributed by atoms with Crippen molar-refractivity contribution >= 4 is 11.6 Å². The Morgan fingerprint density at radius 2 is 1.46 bits per heavy atom. The Bertz CT molecular complexity index is 1330. The highest BCUT2D eigenvalue weighted by molar-refractivity contribution is 6.04. The molecule has 3 atom stereocenters. The van der Waals surface area contributed by atoms with E-state index in [0.29, 0.717) is 11.3 Å². The van der Waals surface area contributed by atoms with Gasteiger partial charge in [-0.2, -0.15) is 0 Å². The number of nitrogens with zero attached hydrogens (tertiary/aromatic N) is 1. The molecule has 1 heterocycles. The van der Waals surface area contributed by atoms with Crippen LogP contribution in [0.5, 0.6) is 0 Å². The minimum Gasteiger partial charge on any atom is -0.392 e. The Kier molecular flexibility index (Phi) is 8.81. The summed E-state index contributed by atoms with van der Waals surface area (Å²) >= 11 is 0. The fraction of sp³-hybridized carbons (Fsp3) is 0.242. The van der Waals surface area contributed by atoms with Crippen LogP contribution in [-0.2, 0) is 22.6 Å². The van der Waals surface area contributed by atoms with Crippen molar-refractivity contribution in [3.63, 3.8) is 0 Å². The summed E-state index contributed by atoms with van der Waals surface area (Å²) in [6.07, 6.45) is -0.0175. The first-order valence-electron chi connectivity index (χ1n) is 13.3. The predicted octanol–water partition coefficient (Wildman–Crippen LogP) is 6.11. The predicted molar refractivity (Wildman–Crippen MR) is 152 cm³/mol. The van der Waals surface area contributed by atoms with Crippen LogP contribution in [0.4, 0.5) is 5.69 Å². The molecular formula is C33H34N2O4. The number of nitrogens with one attached hydrogen (secondary N) is 1. The van der Waals surface area contributed by atoms with Gasteiger partial charge in [-0.15, -0.1) is 0 Å². The van der Waals surface area contributed by atoms with Crippen LogP contribution in [0.2, 0.25) is 0 Å². The highest BCUT2D eigenvalue weighted by Gasteiger charge is 2.32. The molecule has 200 valence electrons. The number of ether oxygens (including phenoxy) is 2. The van der Waals surface area contributed by atoms with E-state index in [1.54, 1.807) is 12.1 Å². The monoisotopic (exact) mass is 522 g/mol. The first-order valence-corrected chi connectivity index (χ1v) is 13.3. The molecule has 39 heavy (non-hydrogen) atoms. The Labute approximate surface area is 229 Å². The Morgan fingerprint density at radius 3 is 2.13 bits per heavy atom. The van der Waals surface area contributed by atoms with Gasteiger partial charge in [-0.05, 0) is 48.0 Å². The zero-order valence-corrected chi connectivity index (χ0v) is 22.1. The number of likely N-dealkylation sites (N-methyl/N-ethyl adjacent to an activating group) is 1. The van der Waals surface area contributed by atoms with Gasteiger partial charge in [-0.3, -0.25) is 9.69 Å². The summed E-state index contributed by atoms with van der Waals surface area (Å²) in [7, 11) is 2.11. The summed E-state index contributed by atoms with van der Waals surface area (Å²) < 4.78 is 12.9. The lowest BCUT2D eigenvalue weighted by molar-refractivity contribution is -0.252. The summed E-state index contributed by atoms with van der Waals surface area (Å²) in [6.45, 7) is 1.60. The number of benzene rings is 4. The Balaban J connectivity index is 1.30. The lowest BCUT2D eigenvalue weighted by atomic mass is 9.99. The molecule has 1 amide bonds. The number of carbonyl (C=O) groups is 1. The average molecular weight is 523 g/mol. The maximum atomic E-state index is 12.5. The van der Waals surface area contributed by atoms with Gasteiger partial charge in [0.05, 0.1) is 18.8 Å². The van der Waals surface area contributed by atoms with Crippen LogP contribution in [0.15, 0.2) is 109 Å². The Hall–Kier alpha value is -3.81. The van der Waals surface area contributed by atoms with E-state index < -0.39 is 6.29 Å². The molecular weight excluding hydrogens is 488 g/mol. The number of aliphatic hydroxyl groups is 1. The van der Waals surface area contributed by atoms with Crippen molar-refractivity contribution in [1.29, 1.82) is 0 Å². The lowest BCUT2D eigenvalue weighted by Gasteiger charge is -2.38. The van der Waals surface area contributed by atoms with Gasteiger partial charge in [0.1, 0.15) is 0 Å². The first-order chi connectivity index (χ1) is 19.1. The molecule has 0 saturated carbocycles. The molecule has 1 saturated heterocycles. The molecule has 6 nitrogen and oxygen atoms in total. The molecule has 4 aromatic rings. The van der Waals surface area contributed by atoms with Crippen LogP contribution in [0.1, 0.15) is 51.4 Å². The molecule has 0 radical (unpaired) electrons. The zero-order chi connectivity index (χ0) is 27.0. The molecule has 1 fully saturated rings. The fourth-order valence-corrected chi connectivity index (χ4v) is 4.86. The fourth-order valence-electron chi connectivity index (χ4n) is 4.86. The average Bonchev–Trinajstić information content (AvgIpc) is 2.98. The van der Waals surface area contributed by atoms with E-state index in [0.717, 1.165) is 36.2 Å². The second kappa shape index (κ2) is 12.8. The number of aliphatic hydroxyl groups excluding tert-OH is 1. The van der Waals surface area contributed by atoms with E-state index in [1.165, 1.54) is 5.56 Å². The quantitative estimate of drug-likeness (QED) is 0.278. The van der Waals surface area contributed by atoms with Crippen LogP contribution < -0.4 is 5.32 Å². The molecule has 6 heteroatoms. The first kappa shape index (κ1) is 26.8. The molecule has 1 aliphatic heterocycles. The van der Waals surface area contributed by atoms with Crippen molar-refractivity contribution in [3.05, 3.63) is 137 Å². The number of hydrogen-bond acceptors (Lipinski definition) is 5. The zero-order valence-electron chi connectivity index (χ0n) is 22.1. The highest BCUT2D eigenvalue weighted by Crippen LogP contribution is 2.38.